The van der Waals surface area contributed by atoms with Gasteiger partial charge in [-0.3, -0.25) is 0 Å². The van der Waals surface area contributed by atoms with Crippen molar-refractivity contribution in [2.45, 2.75) is 19.8 Å². The fourth-order valence-corrected chi connectivity index (χ4v) is 4.61. The van der Waals surface area contributed by atoms with E-state index < -0.39 is 0 Å². The molecule has 0 radical (unpaired) electrons. The second-order valence-corrected chi connectivity index (χ2v) is 9.51. The second kappa shape index (κ2) is 11.4. The first kappa shape index (κ1) is 24.7. The summed E-state index contributed by atoms with van der Waals surface area (Å²) in [4.78, 5) is 0. The predicted octanol–water partition coefficient (Wildman–Crippen LogP) is 8.22. The molecule has 0 heterocycles. The van der Waals surface area contributed by atoms with Crippen molar-refractivity contribution in [3.05, 3.63) is 130 Å². The number of rotatable bonds is 9. The van der Waals surface area contributed by atoms with Crippen LogP contribution < -0.4 is 14.8 Å². The van der Waals surface area contributed by atoms with Crippen molar-refractivity contribution in [1.82, 2.24) is 0 Å². The average Bonchev–Trinajstić information content (AvgIpc) is 2.91. The summed E-state index contributed by atoms with van der Waals surface area (Å²) in [6.07, 6.45) is 0. The number of nitrogens with one attached hydrogen (secondary N) is 1. The Bertz CT molecular complexity index is 1520. The smallest absolute Gasteiger partial charge is 0.175 e. The number of anilines is 1. The third-order valence-corrected chi connectivity index (χ3v) is 6.56. The quantitative estimate of drug-likeness (QED) is 0.179. The lowest BCUT2D eigenvalue weighted by Gasteiger charge is -2.17. The number of hydrogen-bond acceptors (Lipinski definition) is 4. The van der Waals surface area contributed by atoms with Crippen molar-refractivity contribution in [2.24, 2.45) is 0 Å². The topological polar surface area (TPSA) is 50.7 Å². The van der Waals surface area contributed by atoms with E-state index in [-0.39, 0.29) is 18.2 Å². The van der Waals surface area contributed by atoms with Gasteiger partial charge in [0.25, 0.3) is 0 Å². The van der Waals surface area contributed by atoms with Crippen LogP contribution in [-0.2, 0) is 19.8 Å². The molecule has 4 nitrogen and oxygen atoms in total. The molecular weight excluding hydrogens is 533 g/mol. The molecule has 0 aromatic heterocycles. The van der Waals surface area contributed by atoms with Crippen molar-refractivity contribution in [1.29, 1.82) is 0 Å². The fraction of sp³-hybridized carbons (Fsp3) is 0.0968. The maximum atomic E-state index is 14.2. The van der Waals surface area contributed by atoms with Crippen molar-refractivity contribution in [2.75, 3.05) is 5.32 Å². The molecule has 186 valence electrons. The van der Waals surface area contributed by atoms with Crippen molar-refractivity contribution >= 4 is 32.4 Å². The summed E-state index contributed by atoms with van der Waals surface area (Å²) < 4.78 is 27.2. The van der Waals surface area contributed by atoms with E-state index in [1.54, 1.807) is 30.3 Å². The molecule has 37 heavy (non-hydrogen) atoms. The van der Waals surface area contributed by atoms with Crippen LogP contribution in [0.4, 0.5) is 10.1 Å². The van der Waals surface area contributed by atoms with E-state index in [1.165, 1.54) is 11.5 Å². The molecular formula is C31H25BrFNO3. The largest absolute Gasteiger partial charge is 0.508 e. The van der Waals surface area contributed by atoms with E-state index in [9.17, 15) is 9.50 Å². The lowest BCUT2D eigenvalue weighted by molar-refractivity contribution is 0.252. The molecule has 0 unspecified atom stereocenters. The Morgan fingerprint density at radius 3 is 2.30 bits per heavy atom. The highest BCUT2D eigenvalue weighted by Gasteiger charge is 2.15. The van der Waals surface area contributed by atoms with Gasteiger partial charge in [-0.15, -0.1) is 0 Å². The first-order valence-corrected chi connectivity index (χ1v) is 12.7. The Hall–Kier alpha value is -4.03. The van der Waals surface area contributed by atoms with Crippen molar-refractivity contribution in [3.8, 4) is 17.2 Å². The van der Waals surface area contributed by atoms with E-state index in [4.69, 9.17) is 9.47 Å². The maximum absolute atomic E-state index is 14.2. The van der Waals surface area contributed by atoms with Gasteiger partial charge in [0.05, 0.1) is 4.47 Å². The maximum Gasteiger partial charge on any atom is 0.175 e. The fourth-order valence-electron chi connectivity index (χ4n) is 4.01. The SMILES string of the molecule is Oc1ccc(NCc2cc(Br)c(OCc3ccccc3F)c(OCc3ccc4ccccc4c3)c2)cc1. The molecule has 0 aliphatic rings. The summed E-state index contributed by atoms with van der Waals surface area (Å²) in [6.45, 7) is 0.953. The Morgan fingerprint density at radius 1 is 0.730 bits per heavy atom. The van der Waals surface area contributed by atoms with Gasteiger partial charge in [-0.25, -0.2) is 4.39 Å². The number of phenolic OH excluding ortho intramolecular Hbond substituents is 1. The van der Waals surface area contributed by atoms with E-state index in [0.717, 1.165) is 22.2 Å². The Labute approximate surface area is 223 Å². The summed E-state index contributed by atoms with van der Waals surface area (Å²) in [6, 6.07) is 31.8. The van der Waals surface area contributed by atoms with Crippen LogP contribution >= 0.6 is 15.9 Å². The lowest BCUT2D eigenvalue weighted by atomic mass is 10.1. The molecule has 0 amide bonds. The summed E-state index contributed by atoms with van der Waals surface area (Å²) in [7, 11) is 0. The first-order valence-electron chi connectivity index (χ1n) is 11.9. The van der Waals surface area contributed by atoms with Crippen LogP contribution in [0.15, 0.2) is 108 Å². The number of hydrogen-bond donors (Lipinski definition) is 2. The standard InChI is InChI=1S/C31H25BrFNO3/c32-28-16-22(18-34-26-11-13-27(35)14-12-26)17-30(31(28)37-20-25-7-3-4-8-29(25)33)36-19-21-9-10-23-5-1-2-6-24(23)15-21/h1-17,34-35H,18-20H2. The van der Waals surface area contributed by atoms with Gasteiger partial charge in [0.2, 0.25) is 0 Å². The molecule has 0 fully saturated rings. The van der Waals surface area contributed by atoms with Gasteiger partial charge in [-0.2, -0.15) is 0 Å². The number of halogens is 2. The Morgan fingerprint density at radius 2 is 1.49 bits per heavy atom. The molecule has 0 spiro atoms. The highest BCUT2D eigenvalue weighted by atomic mass is 79.9. The van der Waals surface area contributed by atoms with Gasteiger partial charge >= 0.3 is 0 Å². The molecule has 0 saturated heterocycles. The van der Waals surface area contributed by atoms with Crippen molar-refractivity contribution in [3.63, 3.8) is 0 Å². The molecule has 5 aromatic rings. The Balaban J connectivity index is 1.38. The first-order chi connectivity index (χ1) is 18.0. The second-order valence-electron chi connectivity index (χ2n) is 8.66. The molecule has 2 N–H and O–H groups in total. The zero-order chi connectivity index (χ0) is 25.6. The monoisotopic (exact) mass is 557 g/mol. The zero-order valence-corrected chi connectivity index (χ0v) is 21.5. The van der Waals surface area contributed by atoms with Crippen LogP contribution in [0, 0.1) is 5.82 Å². The molecule has 6 heteroatoms. The van der Waals surface area contributed by atoms with Crippen LogP contribution in [0.2, 0.25) is 0 Å². The summed E-state index contributed by atoms with van der Waals surface area (Å²) in [5.74, 6) is 0.972. The summed E-state index contributed by atoms with van der Waals surface area (Å²) in [5, 5.41) is 15.2. The lowest BCUT2D eigenvalue weighted by Crippen LogP contribution is -2.05. The minimum atomic E-state index is -0.313. The van der Waals surface area contributed by atoms with E-state index >= 15 is 0 Å². The number of benzene rings is 5. The molecule has 5 rings (SSSR count). The number of ether oxygens (including phenoxy) is 2. The average molecular weight is 558 g/mol. The summed E-state index contributed by atoms with van der Waals surface area (Å²) in [5.41, 5.74) is 3.34. The van der Waals surface area contributed by atoms with Gasteiger partial charge in [0.15, 0.2) is 11.5 Å². The molecule has 5 aromatic carbocycles. The predicted molar refractivity (Wildman–Crippen MR) is 149 cm³/mol. The van der Waals surface area contributed by atoms with Gasteiger partial charge in [0.1, 0.15) is 24.8 Å². The van der Waals surface area contributed by atoms with Crippen LogP contribution in [0.1, 0.15) is 16.7 Å². The van der Waals surface area contributed by atoms with Crippen LogP contribution in [0.3, 0.4) is 0 Å². The molecule has 0 aliphatic carbocycles. The number of phenols is 1. The van der Waals surface area contributed by atoms with E-state index in [1.807, 2.05) is 42.5 Å². The van der Waals surface area contributed by atoms with Crippen LogP contribution in [0.25, 0.3) is 10.8 Å². The highest BCUT2D eigenvalue weighted by Crippen LogP contribution is 2.38. The van der Waals surface area contributed by atoms with E-state index in [2.05, 4.69) is 45.5 Å². The zero-order valence-electron chi connectivity index (χ0n) is 20.0. The number of aromatic hydroxyl groups is 1. The van der Waals surface area contributed by atoms with Crippen LogP contribution in [-0.4, -0.2) is 5.11 Å². The molecule has 0 atom stereocenters. The van der Waals surface area contributed by atoms with Crippen molar-refractivity contribution < 1.29 is 19.0 Å². The molecule has 0 bridgehead atoms. The third-order valence-electron chi connectivity index (χ3n) is 5.97. The number of fused-ring (bicyclic) bond motifs is 1. The third kappa shape index (κ3) is 6.22. The minimum Gasteiger partial charge on any atom is -0.508 e. The van der Waals surface area contributed by atoms with E-state index in [0.29, 0.717) is 34.7 Å². The van der Waals surface area contributed by atoms with Crippen LogP contribution in [0.5, 0.6) is 17.2 Å². The van der Waals surface area contributed by atoms with Gasteiger partial charge in [-0.1, -0.05) is 54.6 Å². The Kier molecular flexibility index (Phi) is 7.57. The van der Waals surface area contributed by atoms with Gasteiger partial charge in [-0.05, 0) is 86.4 Å². The van der Waals surface area contributed by atoms with Gasteiger partial charge in [0, 0.05) is 17.8 Å². The van der Waals surface area contributed by atoms with Gasteiger partial charge < -0.3 is 19.9 Å². The molecule has 0 saturated carbocycles. The minimum absolute atomic E-state index is 0.0721. The highest BCUT2D eigenvalue weighted by molar-refractivity contribution is 9.10. The molecule has 0 aliphatic heterocycles. The summed E-state index contributed by atoms with van der Waals surface area (Å²) >= 11 is 3.63. The normalized spacial score (nSPS) is 10.9.